The second-order valence-corrected chi connectivity index (χ2v) is 5.51. The van der Waals surface area contributed by atoms with Gasteiger partial charge in [-0.3, -0.25) is 0 Å². The number of hydrogen-bond acceptors (Lipinski definition) is 2. The molecule has 2 rings (SSSR count). The molecule has 0 aliphatic rings. The van der Waals surface area contributed by atoms with Crippen molar-refractivity contribution < 1.29 is 4.74 Å². The lowest BCUT2D eigenvalue weighted by molar-refractivity contribution is 0.330. The van der Waals surface area contributed by atoms with Crippen molar-refractivity contribution in [1.29, 1.82) is 0 Å². The first-order valence-corrected chi connectivity index (χ1v) is 7.21. The molecule has 0 unspecified atom stereocenters. The normalized spacial score (nSPS) is 10.4. The van der Waals surface area contributed by atoms with Crippen molar-refractivity contribution >= 4 is 28.9 Å². The smallest absolute Gasteiger partial charge is 0.122 e. The molecule has 2 nitrogen and oxygen atoms in total. The molecule has 0 heterocycles. The Kier molecular flexibility index (Phi) is 5.16. The highest BCUT2D eigenvalue weighted by atomic mass is 35.5. The van der Waals surface area contributed by atoms with Gasteiger partial charge in [-0.2, -0.15) is 0 Å². The Morgan fingerprint density at radius 1 is 1.05 bits per heavy atom. The molecule has 0 radical (unpaired) electrons. The molecule has 0 aliphatic heterocycles. The predicted octanol–water partition coefficient (Wildman–Crippen LogP) is 5.10. The van der Waals surface area contributed by atoms with Gasteiger partial charge in [0.25, 0.3) is 0 Å². The summed E-state index contributed by atoms with van der Waals surface area (Å²) in [6, 6.07) is 11.6. The monoisotopic (exact) mass is 309 g/mol. The van der Waals surface area contributed by atoms with Crippen LogP contribution in [0.4, 0.5) is 5.69 Å². The second-order valence-electron chi connectivity index (χ2n) is 4.67. The fraction of sp³-hybridized carbons (Fsp3) is 0.250. The third kappa shape index (κ3) is 4.06. The lowest BCUT2D eigenvalue weighted by Gasteiger charge is -2.12. The molecule has 2 aromatic carbocycles. The van der Waals surface area contributed by atoms with Gasteiger partial charge in [0.2, 0.25) is 0 Å². The minimum Gasteiger partial charge on any atom is -0.491 e. The summed E-state index contributed by atoms with van der Waals surface area (Å²) in [5, 5.41) is 4.48. The molecule has 0 fully saturated rings. The van der Waals surface area contributed by atoms with Crippen LogP contribution in [0.15, 0.2) is 36.4 Å². The van der Waals surface area contributed by atoms with Gasteiger partial charge in [-0.05, 0) is 49.2 Å². The zero-order valence-corrected chi connectivity index (χ0v) is 13.1. The second kappa shape index (κ2) is 6.87. The van der Waals surface area contributed by atoms with Gasteiger partial charge >= 0.3 is 0 Å². The van der Waals surface area contributed by atoms with Crippen LogP contribution in [0.1, 0.15) is 11.1 Å². The van der Waals surface area contributed by atoms with E-state index in [4.69, 9.17) is 27.9 Å². The summed E-state index contributed by atoms with van der Waals surface area (Å²) in [7, 11) is 0. The van der Waals surface area contributed by atoms with Crippen molar-refractivity contribution in [1.82, 2.24) is 0 Å². The zero-order chi connectivity index (χ0) is 14.5. The maximum absolute atomic E-state index is 6.08. The summed E-state index contributed by atoms with van der Waals surface area (Å²) in [6.07, 6.45) is 0. The highest BCUT2D eigenvalue weighted by molar-refractivity contribution is 6.36. The van der Waals surface area contributed by atoms with Crippen LogP contribution in [0.5, 0.6) is 5.75 Å². The largest absolute Gasteiger partial charge is 0.491 e. The maximum Gasteiger partial charge on any atom is 0.122 e. The van der Waals surface area contributed by atoms with E-state index in [1.807, 2.05) is 19.1 Å². The Balaban J connectivity index is 1.86. The van der Waals surface area contributed by atoms with Gasteiger partial charge in [0.15, 0.2) is 0 Å². The molecular weight excluding hydrogens is 293 g/mol. The summed E-state index contributed by atoms with van der Waals surface area (Å²) in [5.74, 6) is 0.925. The number of aryl methyl sites for hydroxylation is 2. The van der Waals surface area contributed by atoms with Gasteiger partial charge in [0.05, 0.1) is 10.7 Å². The fourth-order valence-electron chi connectivity index (χ4n) is 1.84. The van der Waals surface area contributed by atoms with Crippen LogP contribution >= 0.6 is 23.2 Å². The molecule has 1 N–H and O–H groups in total. The molecule has 4 heteroatoms. The molecule has 0 aliphatic carbocycles. The predicted molar refractivity (Wildman–Crippen MR) is 86.4 cm³/mol. The molecule has 20 heavy (non-hydrogen) atoms. The molecular formula is C16H17Cl2NO. The SMILES string of the molecule is Cc1ccc(C)c(OCCNc2ccc(Cl)cc2Cl)c1. The number of hydrogen-bond donors (Lipinski definition) is 1. The molecule has 0 spiro atoms. The van der Waals surface area contributed by atoms with Crippen LogP contribution in [0.3, 0.4) is 0 Å². The Morgan fingerprint density at radius 2 is 1.85 bits per heavy atom. The van der Waals surface area contributed by atoms with Crippen LogP contribution in [0.2, 0.25) is 10.0 Å². The molecule has 0 atom stereocenters. The average molecular weight is 310 g/mol. The van der Waals surface area contributed by atoms with Gasteiger partial charge in [-0.25, -0.2) is 0 Å². The van der Waals surface area contributed by atoms with Crippen LogP contribution in [0.25, 0.3) is 0 Å². The minimum atomic E-state index is 0.573. The summed E-state index contributed by atoms with van der Waals surface area (Å²) in [4.78, 5) is 0. The number of rotatable bonds is 5. The summed E-state index contributed by atoms with van der Waals surface area (Å²) in [5.41, 5.74) is 3.19. The van der Waals surface area contributed by atoms with Gasteiger partial charge < -0.3 is 10.1 Å². The van der Waals surface area contributed by atoms with E-state index >= 15 is 0 Å². The van der Waals surface area contributed by atoms with Crippen molar-refractivity contribution in [2.45, 2.75) is 13.8 Å². The number of anilines is 1. The summed E-state index contributed by atoms with van der Waals surface area (Å²) in [6.45, 7) is 5.34. The Hall–Kier alpha value is -1.38. The molecule has 2 aromatic rings. The van der Waals surface area contributed by atoms with Crippen molar-refractivity contribution in [2.75, 3.05) is 18.5 Å². The maximum atomic E-state index is 6.08. The minimum absolute atomic E-state index is 0.573. The first kappa shape index (κ1) is 15.0. The van der Waals surface area contributed by atoms with Crippen molar-refractivity contribution in [3.05, 3.63) is 57.6 Å². The topological polar surface area (TPSA) is 21.3 Å². The molecule has 0 saturated carbocycles. The van der Waals surface area contributed by atoms with Crippen LogP contribution in [-0.2, 0) is 0 Å². The highest BCUT2D eigenvalue weighted by Crippen LogP contribution is 2.25. The molecule has 0 amide bonds. The standard InChI is InChI=1S/C16H17Cl2NO/c1-11-3-4-12(2)16(9-11)20-8-7-19-15-6-5-13(17)10-14(15)18/h3-6,9-10,19H,7-8H2,1-2H3. The number of ether oxygens (including phenoxy) is 1. The number of halogens is 2. The van der Waals surface area contributed by atoms with Crippen LogP contribution < -0.4 is 10.1 Å². The first-order valence-electron chi connectivity index (χ1n) is 6.45. The van der Waals surface area contributed by atoms with E-state index in [0.717, 1.165) is 17.0 Å². The Bertz CT molecular complexity index is 599. The van der Waals surface area contributed by atoms with Gasteiger partial charge in [-0.1, -0.05) is 35.3 Å². The highest BCUT2D eigenvalue weighted by Gasteiger charge is 2.02. The van der Waals surface area contributed by atoms with Crippen molar-refractivity contribution in [2.24, 2.45) is 0 Å². The molecule has 0 saturated heterocycles. The van der Waals surface area contributed by atoms with Crippen molar-refractivity contribution in [3.63, 3.8) is 0 Å². The van der Waals surface area contributed by atoms with E-state index in [9.17, 15) is 0 Å². The fourth-order valence-corrected chi connectivity index (χ4v) is 2.32. The third-order valence-corrected chi connectivity index (χ3v) is 3.50. The average Bonchev–Trinajstić information content (AvgIpc) is 2.40. The molecule has 0 aromatic heterocycles. The van der Waals surface area contributed by atoms with Gasteiger partial charge in [0.1, 0.15) is 12.4 Å². The zero-order valence-electron chi connectivity index (χ0n) is 11.5. The van der Waals surface area contributed by atoms with E-state index in [1.165, 1.54) is 5.56 Å². The Labute approximate surface area is 129 Å². The molecule has 0 bridgehead atoms. The lowest BCUT2D eigenvalue weighted by atomic mass is 10.1. The third-order valence-electron chi connectivity index (χ3n) is 2.95. The van der Waals surface area contributed by atoms with E-state index in [-0.39, 0.29) is 0 Å². The van der Waals surface area contributed by atoms with Crippen LogP contribution in [0, 0.1) is 13.8 Å². The molecule has 106 valence electrons. The van der Waals surface area contributed by atoms with Gasteiger partial charge in [0, 0.05) is 11.6 Å². The first-order chi connectivity index (χ1) is 9.56. The van der Waals surface area contributed by atoms with Gasteiger partial charge in [-0.15, -0.1) is 0 Å². The Morgan fingerprint density at radius 3 is 2.60 bits per heavy atom. The van der Waals surface area contributed by atoms with Crippen molar-refractivity contribution in [3.8, 4) is 5.75 Å². The number of benzene rings is 2. The van der Waals surface area contributed by atoms with E-state index in [2.05, 4.69) is 24.4 Å². The van der Waals surface area contributed by atoms with E-state index in [0.29, 0.717) is 23.2 Å². The summed E-state index contributed by atoms with van der Waals surface area (Å²) >= 11 is 11.9. The number of nitrogens with one attached hydrogen (secondary N) is 1. The van der Waals surface area contributed by atoms with E-state index < -0.39 is 0 Å². The summed E-state index contributed by atoms with van der Waals surface area (Å²) < 4.78 is 5.77. The van der Waals surface area contributed by atoms with Crippen LogP contribution in [-0.4, -0.2) is 13.2 Å². The van der Waals surface area contributed by atoms with E-state index in [1.54, 1.807) is 12.1 Å². The quantitative estimate of drug-likeness (QED) is 0.776. The lowest BCUT2D eigenvalue weighted by Crippen LogP contribution is -2.12.